The third kappa shape index (κ3) is 3.90. The lowest BCUT2D eigenvalue weighted by atomic mass is 10.1. The summed E-state index contributed by atoms with van der Waals surface area (Å²) in [6, 6.07) is 9.66. The van der Waals surface area contributed by atoms with Gasteiger partial charge in [0, 0.05) is 29.6 Å². The first-order valence-electron chi connectivity index (χ1n) is 8.42. The zero-order chi connectivity index (χ0) is 21.1. The van der Waals surface area contributed by atoms with E-state index in [2.05, 4.69) is 10.3 Å². The van der Waals surface area contributed by atoms with Crippen molar-refractivity contribution in [3.05, 3.63) is 75.0 Å². The number of carbonyl (C=O) groups excluding carboxylic acids is 1. The Bertz CT molecular complexity index is 1150. The number of H-pyrrole nitrogens is 1. The van der Waals surface area contributed by atoms with Crippen molar-refractivity contribution < 1.29 is 29.5 Å². The molecule has 10 nitrogen and oxygen atoms in total. The van der Waals surface area contributed by atoms with Gasteiger partial charge >= 0.3 is 11.9 Å². The summed E-state index contributed by atoms with van der Waals surface area (Å²) in [6.45, 7) is 0.00269. The van der Waals surface area contributed by atoms with Gasteiger partial charge in [0.1, 0.15) is 5.69 Å². The van der Waals surface area contributed by atoms with Gasteiger partial charge in [-0.25, -0.2) is 9.59 Å². The molecule has 0 fully saturated rings. The molecule has 0 bridgehead atoms. The topological polar surface area (TPSA) is 163 Å². The molecule has 10 heteroatoms. The number of fused-ring (bicyclic) bond motifs is 1. The molecule has 1 heterocycles. The molecule has 2 aromatic carbocycles. The number of non-ortho nitro benzene ring substituents is 1. The quantitative estimate of drug-likeness (QED) is 0.351. The van der Waals surface area contributed by atoms with Crippen LogP contribution >= 0.6 is 0 Å². The van der Waals surface area contributed by atoms with Gasteiger partial charge in [-0.2, -0.15) is 0 Å². The van der Waals surface area contributed by atoms with E-state index in [-0.39, 0.29) is 35.5 Å². The van der Waals surface area contributed by atoms with Crippen LogP contribution in [0.5, 0.6) is 0 Å². The number of hydrogen-bond acceptors (Lipinski definition) is 5. The summed E-state index contributed by atoms with van der Waals surface area (Å²) >= 11 is 0. The number of hydrogen-bond donors (Lipinski definition) is 4. The lowest BCUT2D eigenvalue weighted by Crippen LogP contribution is -2.27. The van der Waals surface area contributed by atoms with Gasteiger partial charge in [0.15, 0.2) is 0 Å². The van der Waals surface area contributed by atoms with Crippen molar-refractivity contribution in [1.82, 2.24) is 10.3 Å². The van der Waals surface area contributed by atoms with E-state index < -0.39 is 22.8 Å². The maximum atomic E-state index is 12.3. The third-order valence-electron chi connectivity index (χ3n) is 4.38. The second kappa shape index (κ2) is 7.80. The predicted molar refractivity (Wildman–Crippen MR) is 101 cm³/mol. The largest absolute Gasteiger partial charge is 0.478 e. The van der Waals surface area contributed by atoms with E-state index in [1.807, 2.05) is 0 Å². The molecule has 4 N–H and O–H groups in total. The number of carboxylic acid groups (broad SMARTS) is 2. The van der Waals surface area contributed by atoms with Gasteiger partial charge < -0.3 is 20.5 Å². The Morgan fingerprint density at radius 1 is 1.03 bits per heavy atom. The minimum absolute atomic E-state index is 0.00269. The number of aromatic nitrogens is 1. The van der Waals surface area contributed by atoms with E-state index in [0.717, 1.165) is 0 Å². The monoisotopic (exact) mass is 397 g/mol. The molecule has 0 saturated heterocycles. The van der Waals surface area contributed by atoms with Crippen LogP contribution in [0.1, 0.15) is 36.8 Å². The Balaban J connectivity index is 1.85. The first-order chi connectivity index (χ1) is 13.8. The fraction of sp³-hybridized carbons (Fsp3) is 0.105. The van der Waals surface area contributed by atoms with Crippen LogP contribution in [0, 0.1) is 10.1 Å². The predicted octanol–water partition coefficient (Wildman–Crippen LogP) is 2.45. The second-order valence-electron chi connectivity index (χ2n) is 6.13. The van der Waals surface area contributed by atoms with Crippen LogP contribution in [0.25, 0.3) is 10.9 Å². The molecule has 0 aliphatic carbocycles. The number of rotatable bonds is 7. The molecular weight excluding hydrogens is 382 g/mol. The summed E-state index contributed by atoms with van der Waals surface area (Å²) in [5, 5.41) is 32.5. The van der Waals surface area contributed by atoms with E-state index in [4.69, 9.17) is 0 Å². The number of nitro groups is 1. The van der Waals surface area contributed by atoms with Crippen LogP contribution in [-0.4, -0.2) is 44.5 Å². The minimum atomic E-state index is -1.24. The average molecular weight is 397 g/mol. The summed E-state index contributed by atoms with van der Waals surface area (Å²) in [5.41, 5.74) is 0.246. The molecule has 0 radical (unpaired) electrons. The molecule has 0 atom stereocenters. The molecule has 0 aliphatic heterocycles. The molecule has 29 heavy (non-hydrogen) atoms. The average Bonchev–Trinajstić information content (AvgIpc) is 3.06. The van der Waals surface area contributed by atoms with Crippen LogP contribution in [0.2, 0.25) is 0 Å². The first-order valence-corrected chi connectivity index (χ1v) is 8.42. The lowest BCUT2D eigenvalue weighted by Gasteiger charge is -2.08. The zero-order valence-electron chi connectivity index (χ0n) is 14.8. The summed E-state index contributed by atoms with van der Waals surface area (Å²) in [5.74, 6) is -3.10. The van der Waals surface area contributed by atoms with Gasteiger partial charge in [0.2, 0.25) is 0 Å². The molecule has 0 unspecified atom stereocenters. The standard InChI is InChI=1S/C19H15N3O7/c23-17(12-3-1-2-4-13(12)18(24)25)20-8-7-11-14-9-10(22(28)29)5-6-15(14)21-16(11)19(26)27/h1-6,9,21H,7-8H2,(H,20,23)(H,24,25)(H,26,27). The second-order valence-corrected chi connectivity index (χ2v) is 6.13. The van der Waals surface area contributed by atoms with Gasteiger partial charge in [-0.05, 0) is 30.2 Å². The molecule has 3 aromatic rings. The van der Waals surface area contributed by atoms with E-state index in [1.54, 1.807) is 0 Å². The van der Waals surface area contributed by atoms with Crippen molar-refractivity contribution in [1.29, 1.82) is 0 Å². The fourth-order valence-corrected chi connectivity index (χ4v) is 3.06. The Kier molecular flexibility index (Phi) is 5.26. The van der Waals surface area contributed by atoms with Crippen molar-refractivity contribution in [3.63, 3.8) is 0 Å². The Labute approximate surface area is 162 Å². The molecular formula is C19H15N3O7. The Hall–Kier alpha value is -4.21. The molecule has 3 rings (SSSR count). The highest BCUT2D eigenvalue weighted by Crippen LogP contribution is 2.27. The number of carbonyl (C=O) groups is 3. The van der Waals surface area contributed by atoms with E-state index in [0.29, 0.717) is 16.5 Å². The summed E-state index contributed by atoms with van der Waals surface area (Å²) < 4.78 is 0. The molecule has 0 spiro atoms. The number of nitro benzene ring substituents is 1. The van der Waals surface area contributed by atoms with Crippen molar-refractivity contribution >= 4 is 34.4 Å². The number of benzene rings is 2. The maximum absolute atomic E-state index is 12.3. The van der Waals surface area contributed by atoms with Crippen molar-refractivity contribution in [3.8, 4) is 0 Å². The molecule has 1 aromatic heterocycles. The number of carboxylic acids is 2. The summed E-state index contributed by atoms with van der Waals surface area (Å²) in [7, 11) is 0. The number of amides is 1. The van der Waals surface area contributed by atoms with Gasteiger partial charge in [-0.1, -0.05) is 12.1 Å². The Morgan fingerprint density at radius 3 is 2.34 bits per heavy atom. The fourth-order valence-electron chi connectivity index (χ4n) is 3.06. The summed E-state index contributed by atoms with van der Waals surface area (Å²) in [4.78, 5) is 48.2. The van der Waals surface area contributed by atoms with E-state index >= 15 is 0 Å². The molecule has 148 valence electrons. The highest BCUT2D eigenvalue weighted by atomic mass is 16.6. The van der Waals surface area contributed by atoms with Gasteiger partial charge in [-0.3, -0.25) is 14.9 Å². The SMILES string of the molecule is O=C(O)c1ccccc1C(=O)NCCc1c(C(=O)O)[nH]c2ccc([N+](=O)[O-])cc12. The van der Waals surface area contributed by atoms with Crippen molar-refractivity contribution in [2.75, 3.05) is 6.54 Å². The lowest BCUT2D eigenvalue weighted by molar-refractivity contribution is -0.384. The summed E-state index contributed by atoms with van der Waals surface area (Å²) in [6.07, 6.45) is 0.0732. The smallest absolute Gasteiger partial charge is 0.352 e. The molecule has 1 amide bonds. The normalized spacial score (nSPS) is 10.6. The van der Waals surface area contributed by atoms with Crippen LogP contribution in [0.4, 0.5) is 5.69 Å². The van der Waals surface area contributed by atoms with Crippen molar-refractivity contribution in [2.45, 2.75) is 6.42 Å². The number of nitrogens with zero attached hydrogens (tertiary/aromatic N) is 1. The number of aromatic carboxylic acids is 2. The Morgan fingerprint density at radius 2 is 1.72 bits per heavy atom. The zero-order valence-corrected chi connectivity index (χ0v) is 14.8. The van der Waals surface area contributed by atoms with Crippen LogP contribution < -0.4 is 5.32 Å². The highest BCUT2D eigenvalue weighted by Gasteiger charge is 2.20. The molecule has 0 aliphatic rings. The van der Waals surface area contributed by atoms with Gasteiger partial charge in [-0.15, -0.1) is 0 Å². The van der Waals surface area contributed by atoms with Gasteiger partial charge in [0.25, 0.3) is 11.6 Å². The highest BCUT2D eigenvalue weighted by molar-refractivity contribution is 6.04. The van der Waals surface area contributed by atoms with Gasteiger partial charge in [0.05, 0.1) is 16.1 Å². The minimum Gasteiger partial charge on any atom is -0.478 e. The maximum Gasteiger partial charge on any atom is 0.352 e. The van der Waals surface area contributed by atoms with Crippen LogP contribution in [0.3, 0.4) is 0 Å². The number of aromatic amines is 1. The van der Waals surface area contributed by atoms with Crippen LogP contribution in [0.15, 0.2) is 42.5 Å². The van der Waals surface area contributed by atoms with E-state index in [1.165, 1.54) is 42.5 Å². The third-order valence-corrected chi connectivity index (χ3v) is 4.38. The van der Waals surface area contributed by atoms with Crippen molar-refractivity contribution in [2.24, 2.45) is 0 Å². The first kappa shape index (κ1) is 19.5. The van der Waals surface area contributed by atoms with E-state index in [9.17, 15) is 34.7 Å². The van der Waals surface area contributed by atoms with Crippen LogP contribution in [-0.2, 0) is 6.42 Å². The molecule has 0 saturated carbocycles. The number of nitrogens with one attached hydrogen (secondary N) is 2.